The summed E-state index contributed by atoms with van der Waals surface area (Å²) in [6.45, 7) is 2.55. The Morgan fingerprint density at radius 3 is 2.62 bits per heavy atom. The average molecular weight is 350 g/mol. The Morgan fingerprint density at radius 2 is 1.92 bits per heavy atom. The molecule has 1 aliphatic rings. The maximum absolute atomic E-state index is 14.1. The molecule has 2 aromatic carbocycles. The van der Waals surface area contributed by atoms with E-state index in [-0.39, 0.29) is 11.5 Å². The van der Waals surface area contributed by atoms with Crippen molar-refractivity contribution in [3.8, 4) is 0 Å². The van der Waals surface area contributed by atoms with Gasteiger partial charge in [-0.2, -0.15) is 0 Å². The number of hydrogen-bond acceptors (Lipinski definition) is 1. The van der Waals surface area contributed by atoms with E-state index in [1.54, 1.807) is 4.90 Å². The van der Waals surface area contributed by atoms with E-state index in [9.17, 15) is 13.6 Å². The van der Waals surface area contributed by atoms with E-state index < -0.39 is 23.1 Å². The Bertz CT molecular complexity index is 761. The van der Waals surface area contributed by atoms with E-state index in [1.165, 1.54) is 13.0 Å². The van der Waals surface area contributed by atoms with Crippen LogP contribution < -0.4 is 0 Å². The summed E-state index contributed by atoms with van der Waals surface area (Å²) >= 11 is 5.88. The second kappa shape index (κ2) is 6.89. The molecule has 0 aliphatic carbocycles. The number of carbonyl (C=O) groups excluding carboxylic acids is 1. The summed E-state index contributed by atoms with van der Waals surface area (Å²) in [5, 5.41) is 0.687. The van der Waals surface area contributed by atoms with Gasteiger partial charge in [0.05, 0.1) is 0 Å². The first-order valence-corrected chi connectivity index (χ1v) is 8.32. The largest absolute Gasteiger partial charge is 0.338 e. The number of amides is 1. The number of aryl methyl sites for hydroxylation is 1. The fourth-order valence-electron chi connectivity index (χ4n) is 3.15. The Kier molecular flexibility index (Phi) is 4.86. The quantitative estimate of drug-likeness (QED) is 0.791. The molecular formula is C19H18ClF2NO. The molecule has 0 radical (unpaired) electrons. The van der Waals surface area contributed by atoms with Crippen molar-refractivity contribution in [2.75, 3.05) is 13.1 Å². The second-order valence-corrected chi connectivity index (χ2v) is 6.73. The van der Waals surface area contributed by atoms with Crippen LogP contribution in [0.15, 0.2) is 36.4 Å². The molecule has 3 rings (SSSR count). The Balaban J connectivity index is 1.70. The van der Waals surface area contributed by atoms with Crippen LogP contribution >= 0.6 is 11.6 Å². The Morgan fingerprint density at radius 1 is 1.21 bits per heavy atom. The van der Waals surface area contributed by atoms with Crippen molar-refractivity contribution in [3.05, 3.63) is 69.7 Å². The van der Waals surface area contributed by atoms with Gasteiger partial charge in [-0.15, -0.1) is 0 Å². The van der Waals surface area contributed by atoms with Crippen LogP contribution in [0.5, 0.6) is 0 Å². The maximum atomic E-state index is 14.1. The smallest absolute Gasteiger partial charge is 0.259 e. The highest BCUT2D eigenvalue weighted by Gasteiger charge is 2.30. The molecular weight excluding hydrogens is 332 g/mol. The van der Waals surface area contributed by atoms with Crippen LogP contribution in [0.2, 0.25) is 5.02 Å². The van der Waals surface area contributed by atoms with Crippen LogP contribution in [0.1, 0.15) is 27.9 Å². The molecule has 5 heteroatoms. The van der Waals surface area contributed by atoms with Gasteiger partial charge in [-0.05, 0) is 55.0 Å². The van der Waals surface area contributed by atoms with Crippen molar-refractivity contribution < 1.29 is 13.6 Å². The summed E-state index contributed by atoms with van der Waals surface area (Å²) in [5.74, 6) is -1.84. The summed E-state index contributed by atoms with van der Waals surface area (Å²) in [6, 6.07) is 10.1. The molecule has 0 spiro atoms. The molecule has 1 amide bonds. The highest BCUT2D eigenvalue weighted by molar-refractivity contribution is 6.30. The van der Waals surface area contributed by atoms with Crippen LogP contribution in [-0.4, -0.2) is 23.9 Å². The molecule has 1 atom stereocenters. The molecule has 1 saturated heterocycles. The summed E-state index contributed by atoms with van der Waals surface area (Å²) in [4.78, 5) is 14.1. The molecule has 24 heavy (non-hydrogen) atoms. The van der Waals surface area contributed by atoms with Gasteiger partial charge in [0, 0.05) is 18.1 Å². The van der Waals surface area contributed by atoms with Crippen molar-refractivity contribution in [2.45, 2.75) is 19.8 Å². The predicted molar refractivity (Wildman–Crippen MR) is 90.3 cm³/mol. The zero-order valence-electron chi connectivity index (χ0n) is 13.4. The second-order valence-electron chi connectivity index (χ2n) is 6.29. The lowest BCUT2D eigenvalue weighted by Gasteiger charge is -2.18. The molecule has 1 fully saturated rings. The molecule has 0 N–H and O–H groups in total. The molecule has 126 valence electrons. The molecule has 1 heterocycles. The van der Waals surface area contributed by atoms with Crippen LogP contribution in [0.3, 0.4) is 0 Å². The number of rotatable bonds is 3. The number of halogens is 3. The van der Waals surface area contributed by atoms with E-state index in [0.29, 0.717) is 18.1 Å². The predicted octanol–water partition coefficient (Wildman–Crippen LogP) is 4.63. The van der Waals surface area contributed by atoms with Crippen LogP contribution in [0.4, 0.5) is 8.78 Å². The van der Waals surface area contributed by atoms with E-state index in [4.69, 9.17) is 11.6 Å². The molecule has 1 unspecified atom stereocenters. The highest BCUT2D eigenvalue weighted by Crippen LogP contribution is 2.25. The van der Waals surface area contributed by atoms with Crippen LogP contribution in [0.25, 0.3) is 0 Å². The van der Waals surface area contributed by atoms with Crippen molar-refractivity contribution in [2.24, 2.45) is 5.92 Å². The SMILES string of the molecule is Cc1ccc(F)c(C(=O)N2CCC(Cc3ccc(Cl)cc3)C2)c1F. The third-order valence-corrected chi connectivity index (χ3v) is 4.76. The van der Waals surface area contributed by atoms with Crippen molar-refractivity contribution >= 4 is 17.5 Å². The first-order valence-electron chi connectivity index (χ1n) is 7.94. The van der Waals surface area contributed by atoms with Crippen molar-refractivity contribution in [3.63, 3.8) is 0 Å². The third-order valence-electron chi connectivity index (χ3n) is 4.51. The molecule has 0 saturated carbocycles. The fraction of sp³-hybridized carbons (Fsp3) is 0.316. The monoisotopic (exact) mass is 349 g/mol. The van der Waals surface area contributed by atoms with Gasteiger partial charge in [-0.3, -0.25) is 4.79 Å². The first-order chi connectivity index (χ1) is 11.5. The van der Waals surface area contributed by atoms with Gasteiger partial charge in [0.2, 0.25) is 0 Å². The molecule has 0 bridgehead atoms. The number of benzene rings is 2. The minimum absolute atomic E-state index is 0.275. The molecule has 2 nitrogen and oxygen atoms in total. The molecule has 0 aromatic heterocycles. The third kappa shape index (κ3) is 3.44. The first kappa shape index (κ1) is 16.9. The standard InChI is InChI=1S/C19H18ClF2NO/c1-12-2-7-16(21)17(18(12)22)19(24)23-9-8-14(11-23)10-13-3-5-15(20)6-4-13/h2-7,14H,8-11H2,1H3. The van der Waals surface area contributed by atoms with E-state index in [2.05, 4.69) is 0 Å². The average Bonchev–Trinajstić information content (AvgIpc) is 3.02. The van der Waals surface area contributed by atoms with Gasteiger partial charge in [-0.1, -0.05) is 29.8 Å². The van der Waals surface area contributed by atoms with Gasteiger partial charge in [0.1, 0.15) is 17.2 Å². The van der Waals surface area contributed by atoms with Crippen LogP contribution in [0, 0.1) is 24.5 Å². The van der Waals surface area contributed by atoms with Gasteiger partial charge in [-0.25, -0.2) is 8.78 Å². The van der Waals surface area contributed by atoms with Gasteiger partial charge in [0.15, 0.2) is 0 Å². The number of likely N-dealkylation sites (tertiary alicyclic amines) is 1. The number of carbonyl (C=O) groups is 1. The Labute approximate surface area is 145 Å². The minimum Gasteiger partial charge on any atom is -0.338 e. The van der Waals surface area contributed by atoms with Crippen LogP contribution in [-0.2, 0) is 6.42 Å². The van der Waals surface area contributed by atoms with E-state index >= 15 is 0 Å². The normalized spacial score (nSPS) is 17.3. The van der Waals surface area contributed by atoms with Gasteiger partial charge in [0.25, 0.3) is 5.91 Å². The molecule has 2 aromatic rings. The lowest BCUT2D eigenvalue weighted by molar-refractivity contribution is 0.0777. The number of hydrogen-bond donors (Lipinski definition) is 0. The zero-order chi connectivity index (χ0) is 17.3. The summed E-state index contributed by atoms with van der Waals surface area (Å²) in [5.41, 5.74) is 0.977. The lowest BCUT2D eigenvalue weighted by atomic mass is 9.99. The van der Waals surface area contributed by atoms with Gasteiger partial charge < -0.3 is 4.90 Å². The van der Waals surface area contributed by atoms with Gasteiger partial charge >= 0.3 is 0 Å². The number of nitrogens with zero attached hydrogens (tertiary/aromatic N) is 1. The lowest BCUT2D eigenvalue weighted by Crippen LogP contribution is -2.30. The minimum atomic E-state index is -0.802. The highest BCUT2D eigenvalue weighted by atomic mass is 35.5. The van der Waals surface area contributed by atoms with E-state index in [0.717, 1.165) is 24.5 Å². The Hall–Kier alpha value is -1.94. The fourth-order valence-corrected chi connectivity index (χ4v) is 3.27. The summed E-state index contributed by atoms with van der Waals surface area (Å²) < 4.78 is 28.1. The topological polar surface area (TPSA) is 20.3 Å². The van der Waals surface area contributed by atoms with E-state index in [1.807, 2.05) is 24.3 Å². The maximum Gasteiger partial charge on any atom is 0.259 e. The van der Waals surface area contributed by atoms with Crippen molar-refractivity contribution in [1.29, 1.82) is 0 Å². The molecule has 1 aliphatic heterocycles. The zero-order valence-corrected chi connectivity index (χ0v) is 14.1. The van der Waals surface area contributed by atoms with Crippen molar-refractivity contribution in [1.82, 2.24) is 4.90 Å². The summed E-state index contributed by atoms with van der Waals surface area (Å²) in [6.07, 6.45) is 1.64. The summed E-state index contributed by atoms with van der Waals surface area (Å²) in [7, 11) is 0.